The molecule has 1 N–H and O–H groups in total. The van der Waals surface area contributed by atoms with Gasteiger partial charge in [0.1, 0.15) is 9.78 Å². The second kappa shape index (κ2) is 6.58. The molecule has 0 saturated carbocycles. The van der Waals surface area contributed by atoms with Gasteiger partial charge in [0.05, 0.1) is 6.54 Å². The minimum atomic E-state index is -4.37. The van der Waals surface area contributed by atoms with Crippen molar-refractivity contribution in [3.63, 3.8) is 0 Å². The summed E-state index contributed by atoms with van der Waals surface area (Å²) < 4.78 is 53.2. The van der Waals surface area contributed by atoms with Crippen LogP contribution in [0, 0.1) is 6.92 Å². The summed E-state index contributed by atoms with van der Waals surface area (Å²) in [6, 6.07) is 6.59. The minimum Gasteiger partial charge on any atom is -0.505 e. The third kappa shape index (κ3) is 3.02. The van der Waals surface area contributed by atoms with E-state index in [1.807, 2.05) is 0 Å². The van der Waals surface area contributed by atoms with Crippen LogP contribution < -0.4 is 4.31 Å². The van der Waals surface area contributed by atoms with Crippen molar-refractivity contribution in [1.82, 2.24) is 4.98 Å². The molecule has 134 valence electrons. The Morgan fingerprint density at radius 3 is 2.64 bits per heavy atom. The number of hydrogen-bond acceptors (Lipinski definition) is 6. The van der Waals surface area contributed by atoms with Crippen molar-refractivity contribution in [2.75, 3.05) is 17.1 Å². The summed E-state index contributed by atoms with van der Waals surface area (Å²) in [5, 5.41) is 10.6. The Kier molecular flexibility index (Phi) is 4.78. The van der Waals surface area contributed by atoms with Crippen LogP contribution in [0.2, 0.25) is 0 Å². The van der Waals surface area contributed by atoms with Crippen LogP contribution >= 0.6 is 23.1 Å². The van der Waals surface area contributed by atoms with E-state index in [2.05, 4.69) is 4.98 Å². The number of thioether (sulfide) groups is 1. The highest BCUT2D eigenvalue weighted by Gasteiger charge is 2.42. The summed E-state index contributed by atoms with van der Waals surface area (Å²) in [4.78, 5) is 3.91. The highest BCUT2D eigenvalue weighted by Crippen LogP contribution is 2.46. The molecule has 1 aliphatic heterocycles. The highest BCUT2D eigenvalue weighted by molar-refractivity contribution is 8.02. The van der Waals surface area contributed by atoms with Gasteiger partial charge in [0.2, 0.25) is 0 Å². The van der Waals surface area contributed by atoms with Crippen LogP contribution in [0.25, 0.3) is 10.7 Å². The molecule has 2 aromatic rings. The van der Waals surface area contributed by atoms with Crippen molar-refractivity contribution in [3.05, 3.63) is 40.3 Å². The number of fused-ring (bicyclic) bond motifs is 1. The number of hydrogen-bond donors (Lipinski definition) is 1. The lowest BCUT2D eigenvalue weighted by molar-refractivity contribution is 0.159. The van der Waals surface area contributed by atoms with Gasteiger partial charge < -0.3 is 5.11 Å². The average molecular weight is 404 g/mol. The summed E-state index contributed by atoms with van der Waals surface area (Å²) in [6.45, 7) is 0.674. The second-order valence-electron chi connectivity index (χ2n) is 5.26. The standard InChI is InChI=1S/C15H14F2N2O3S3/c1-8-5-3-4-6-9(8)13-11(20)12-14(18-15(23-2)24-12)19(7-10(16)17)25(13,21)22/h3-6,10,20H,7H2,1-2H3. The highest BCUT2D eigenvalue weighted by atomic mass is 32.2. The van der Waals surface area contributed by atoms with Gasteiger partial charge in [-0.1, -0.05) is 36.0 Å². The number of halogens is 2. The van der Waals surface area contributed by atoms with Crippen molar-refractivity contribution >= 4 is 49.6 Å². The molecule has 0 fully saturated rings. The van der Waals surface area contributed by atoms with Crippen LogP contribution in [0.15, 0.2) is 28.6 Å². The number of nitrogens with zero attached hydrogens (tertiary/aromatic N) is 2. The zero-order valence-corrected chi connectivity index (χ0v) is 15.7. The third-order valence-corrected chi connectivity index (χ3v) is 7.54. The lowest BCUT2D eigenvalue weighted by atomic mass is 10.1. The zero-order chi connectivity index (χ0) is 18.4. The van der Waals surface area contributed by atoms with Crippen LogP contribution in [-0.4, -0.2) is 37.7 Å². The van der Waals surface area contributed by atoms with Crippen LogP contribution in [0.5, 0.6) is 0 Å². The number of alkyl halides is 2. The number of aromatic nitrogens is 1. The number of aliphatic hydroxyl groups is 1. The van der Waals surface area contributed by atoms with Gasteiger partial charge in [-0.3, -0.25) is 0 Å². The molecule has 3 rings (SSSR count). The molecule has 0 amide bonds. The molecule has 0 bridgehead atoms. The van der Waals surface area contributed by atoms with Crippen molar-refractivity contribution in [2.24, 2.45) is 0 Å². The predicted molar refractivity (Wildman–Crippen MR) is 96.8 cm³/mol. The summed E-state index contributed by atoms with van der Waals surface area (Å²) in [6.07, 6.45) is -1.14. The van der Waals surface area contributed by atoms with Gasteiger partial charge in [0.25, 0.3) is 16.4 Å². The number of rotatable bonds is 4. The van der Waals surface area contributed by atoms with Gasteiger partial charge in [-0.15, -0.1) is 11.3 Å². The van der Waals surface area contributed by atoms with E-state index in [4.69, 9.17) is 0 Å². The molecule has 1 aromatic heterocycles. The summed E-state index contributed by atoms with van der Waals surface area (Å²) in [5.74, 6) is -0.600. The first-order chi connectivity index (χ1) is 11.8. The number of thiazole rings is 1. The minimum absolute atomic E-state index is 0.149. The summed E-state index contributed by atoms with van der Waals surface area (Å²) in [7, 11) is -4.37. The van der Waals surface area contributed by atoms with E-state index in [1.165, 1.54) is 11.8 Å². The molecule has 10 heteroatoms. The van der Waals surface area contributed by atoms with Gasteiger partial charge in [0, 0.05) is 5.56 Å². The molecule has 25 heavy (non-hydrogen) atoms. The Morgan fingerprint density at radius 1 is 1.36 bits per heavy atom. The molecule has 0 radical (unpaired) electrons. The van der Waals surface area contributed by atoms with Gasteiger partial charge >= 0.3 is 0 Å². The quantitative estimate of drug-likeness (QED) is 0.781. The number of anilines is 1. The fraction of sp³-hybridized carbons (Fsp3) is 0.267. The van der Waals surface area contributed by atoms with Crippen LogP contribution in [0.1, 0.15) is 16.0 Å². The molecule has 0 spiro atoms. The van der Waals surface area contributed by atoms with Crippen molar-refractivity contribution in [1.29, 1.82) is 0 Å². The SMILES string of the molecule is CSc1nc2c(s1)C(O)=C(c1ccccc1C)S(=O)(=O)N2CC(F)F. The van der Waals surface area contributed by atoms with E-state index in [0.717, 1.165) is 11.3 Å². The normalized spacial score (nSPS) is 16.4. The molecule has 1 aliphatic rings. The fourth-order valence-corrected chi connectivity index (χ4v) is 5.94. The lowest BCUT2D eigenvalue weighted by Gasteiger charge is -2.29. The van der Waals surface area contributed by atoms with E-state index in [-0.39, 0.29) is 21.2 Å². The zero-order valence-electron chi connectivity index (χ0n) is 13.2. The van der Waals surface area contributed by atoms with Gasteiger partial charge in [-0.05, 0) is 18.7 Å². The van der Waals surface area contributed by atoms with E-state index >= 15 is 0 Å². The molecule has 0 aliphatic carbocycles. The van der Waals surface area contributed by atoms with E-state index in [0.29, 0.717) is 14.2 Å². The van der Waals surface area contributed by atoms with Crippen LogP contribution in [-0.2, 0) is 10.0 Å². The number of sulfonamides is 1. The fourth-order valence-electron chi connectivity index (χ4n) is 2.56. The lowest BCUT2D eigenvalue weighted by Crippen LogP contribution is -2.38. The van der Waals surface area contributed by atoms with Gasteiger partial charge in [-0.2, -0.15) is 0 Å². The van der Waals surface area contributed by atoms with E-state index < -0.39 is 28.8 Å². The molecular formula is C15H14F2N2O3S3. The molecule has 2 heterocycles. The van der Waals surface area contributed by atoms with Gasteiger partial charge in [-0.25, -0.2) is 26.5 Å². The third-order valence-electron chi connectivity index (χ3n) is 3.67. The first kappa shape index (κ1) is 18.2. The van der Waals surface area contributed by atoms with Crippen LogP contribution in [0.3, 0.4) is 0 Å². The second-order valence-corrected chi connectivity index (χ2v) is 9.11. The van der Waals surface area contributed by atoms with Crippen molar-refractivity contribution < 1.29 is 22.3 Å². The van der Waals surface area contributed by atoms with Crippen molar-refractivity contribution in [2.45, 2.75) is 17.7 Å². The molecule has 0 unspecified atom stereocenters. The predicted octanol–water partition coefficient (Wildman–Crippen LogP) is 3.97. The molecule has 5 nitrogen and oxygen atoms in total. The average Bonchev–Trinajstić information content (AvgIpc) is 2.97. The summed E-state index contributed by atoms with van der Waals surface area (Å²) in [5.41, 5.74) is 0.895. The first-order valence-corrected chi connectivity index (χ1v) is 10.6. The maximum atomic E-state index is 13.0. The molecule has 0 atom stereocenters. The summed E-state index contributed by atoms with van der Waals surface area (Å²) >= 11 is 2.32. The molecule has 1 aromatic carbocycles. The number of aliphatic hydroxyl groups excluding tert-OH is 1. The maximum absolute atomic E-state index is 13.0. The van der Waals surface area contributed by atoms with Crippen molar-refractivity contribution in [3.8, 4) is 0 Å². The first-order valence-electron chi connectivity index (χ1n) is 7.12. The maximum Gasteiger partial charge on any atom is 0.270 e. The van der Waals surface area contributed by atoms with Gasteiger partial charge in [0.15, 0.2) is 15.9 Å². The van der Waals surface area contributed by atoms with E-state index in [9.17, 15) is 22.3 Å². The smallest absolute Gasteiger partial charge is 0.270 e. The Hall–Kier alpha value is -1.65. The number of benzene rings is 1. The van der Waals surface area contributed by atoms with Crippen LogP contribution in [0.4, 0.5) is 14.6 Å². The monoisotopic (exact) mass is 404 g/mol. The topological polar surface area (TPSA) is 70.5 Å². The van der Waals surface area contributed by atoms with E-state index in [1.54, 1.807) is 37.4 Å². The number of aryl methyl sites for hydroxylation is 1. The largest absolute Gasteiger partial charge is 0.505 e. The molecule has 0 saturated heterocycles. The Morgan fingerprint density at radius 2 is 2.04 bits per heavy atom. The molecular weight excluding hydrogens is 390 g/mol. The Balaban J connectivity index is 2.33. The Labute approximate surface area is 152 Å². The Bertz CT molecular complexity index is 955.